The first-order valence-electron chi connectivity index (χ1n) is 9.45. The summed E-state index contributed by atoms with van der Waals surface area (Å²) in [5.41, 5.74) is -0.751. The second-order valence-corrected chi connectivity index (χ2v) is 7.89. The van der Waals surface area contributed by atoms with E-state index in [2.05, 4.69) is 5.32 Å². The molecule has 0 aromatic heterocycles. The van der Waals surface area contributed by atoms with Gasteiger partial charge in [-0.3, -0.25) is 14.6 Å². The monoisotopic (exact) mass is 373 g/mol. The van der Waals surface area contributed by atoms with E-state index in [0.29, 0.717) is 45.8 Å². The van der Waals surface area contributed by atoms with Crippen molar-refractivity contribution in [2.45, 2.75) is 58.0 Å². The summed E-state index contributed by atoms with van der Waals surface area (Å²) in [5, 5.41) is 3.12. The van der Waals surface area contributed by atoms with E-state index in [-0.39, 0.29) is 12.5 Å². The van der Waals surface area contributed by atoms with Gasteiger partial charge in [0.2, 0.25) is 0 Å². The molecule has 2 aliphatic rings. The third-order valence-electron chi connectivity index (χ3n) is 4.70. The Morgan fingerprint density at radius 2 is 1.85 bits per heavy atom. The molecule has 0 aromatic rings. The lowest BCUT2D eigenvalue weighted by molar-refractivity contribution is -0.192. The number of halogens is 1. The fraction of sp³-hybridized carbons (Fsp3) is 0.889. The maximum Gasteiger partial charge on any atom is 0.361 e. The zero-order valence-corrected chi connectivity index (χ0v) is 16.3. The minimum Gasteiger partial charge on any atom is -0.465 e. The summed E-state index contributed by atoms with van der Waals surface area (Å²) in [6.45, 7) is 9.93. The van der Waals surface area contributed by atoms with Gasteiger partial charge in [-0.15, -0.1) is 0 Å². The number of nitrogens with one attached hydrogen (secondary N) is 1. The SMILES string of the molecule is CCOC(=O)CN1CCN(C(F)(C(=O)OC(C)(C)C)C2CCCN2)CC1. The van der Waals surface area contributed by atoms with E-state index in [1.807, 2.05) is 4.90 Å². The van der Waals surface area contributed by atoms with Crippen LogP contribution in [0.3, 0.4) is 0 Å². The zero-order valence-electron chi connectivity index (χ0n) is 16.3. The smallest absolute Gasteiger partial charge is 0.361 e. The molecule has 0 radical (unpaired) electrons. The van der Waals surface area contributed by atoms with Gasteiger partial charge in [0.15, 0.2) is 0 Å². The van der Waals surface area contributed by atoms with Crippen molar-refractivity contribution in [2.75, 3.05) is 45.9 Å². The van der Waals surface area contributed by atoms with Gasteiger partial charge < -0.3 is 14.8 Å². The Kier molecular flexibility index (Phi) is 6.99. The van der Waals surface area contributed by atoms with Gasteiger partial charge in [0.1, 0.15) is 5.60 Å². The van der Waals surface area contributed by atoms with Crippen molar-refractivity contribution in [2.24, 2.45) is 0 Å². The third kappa shape index (κ3) is 5.14. The number of carbonyl (C=O) groups is 2. The van der Waals surface area contributed by atoms with Gasteiger partial charge in [0.05, 0.1) is 19.2 Å². The molecule has 0 aromatic carbocycles. The molecule has 2 unspecified atom stereocenters. The molecule has 2 rings (SSSR count). The predicted octanol–water partition coefficient (Wildman–Crippen LogP) is 0.927. The topological polar surface area (TPSA) is 71.1 Å². The van der Waals surface area contributed by atoms with E-state index in [0.717, 1.165) is 6.42 Å². The molecule has 26 heavy (non-hydrogen) atoms. The van der Waals surface area contributed by atoms with E-state index in [1.54, 1.807) is 32.6 Å². The second-order valence-electron chi connectivity index (χ2n) is 7.89. The van der Waals surface area contributed by atoms with Crippen LogP contribution in [-0.4, -0.2) is 85.0 Å². The van der Waals surface area contributed by atoms with Crippen molar-refractivity contribution < 1.29 is 23.5 Å². The number of hydrogen-bond acceptors (Lipinski definition) is 7. The summed E-state index contributed by atoms with van der Waals surface area (Å²) < 4.78 is 26.5. The van der Waals surface area contributed by atoms with Gasteiger partial charge >= 0.3 is 11.9 Å². The highest BCUT2D eigenvalue weighted by atomic mass is 19.1. The highest BCUT2D eigenvalue weighted by molar-refractivity contribution is 5.80. The fourth-order valence-electron chi connectivity index (χ4n) is 3.47. The van der Waals surface area contributed by atoms with Gasteiger partial charge in [-0.1, -0.05) is 0 Å². The molecule has 2 fully saturated rings. The molecule has 2 heterocycles. The Morgan fingerprint density at radius 3 is 2.35 bits per heavy atom. The molecule has 2 atom stereocenters. The molecule has 0 aliphatic carbocycles. The van der Waals surface area contributed by atoms with Gasteiger partial charge in [0.25, 0.3) is 5.79 Å². The Hall–Kier alpha value is -1.25. The molecule has 2 aliphatic heterocycles. The van der Waals surface area contributed by atoms with E-state index >= 15 is 4.39 Å². The molecule has 0 bridgehead atoms. The number of nitrogens with zero attached hydrogens (tertiary/aromatic N) is 2. The number of hydrogen-bond donors (Lipinski definition) is 1. The molecular weight excluding hydrogens is 341 g/mol. The first-order valence-corrected chi connectivity index (χ1v) is 9.45. The Morgan fingerprint density at radius 1 is 1.19 bits per heavy atom. The van der Waals surface area contributed by atoms with Gasteiger partial charge in [-0.05, 0) is 47.1 Å². The summed E-state index contributed by atoms with van der Waals surface area (Å²) in [6.07, 6.45) is 1.43. The maximum absolute atomic E-state index is 16.1. The van der Waals surface area contributed by atoms with Crippen molar-refractivity contribution in [3.05, 3.63) is 0 Å². The molecule has 0 amide bonds. The van der Waals surface area contributed by atoms with Gasteiger partial charge in [-0.2, -0.15) is 0 Å². The van der Waals surface area contributed by atoms with Crippen LogP contribution in [0.25, 0.3) is 0 Å². The van der Waals surface area contributed by atoms with Gasteiger partial charge in [-0.25, -0.2) is 9.18 Å². The Balaban J connectivity index is 2.05. The lowest BCUT2D eigenvalue weighted by Gasteiger charge is -2.44. The van der Waals surface area contributed by atoms with Gasteiger partial charge in [0, 0.05) is 26.2 Å². The molecule has 8 heteroatoms. The van der Waals surface area contributed by atoms with Crippen LogP contribution in [0.15, 0.2) is 0 Å². The van der Waals surface area contributed by atoms with Crippen molar-refractivity contribution >= 4 is 11.9 Å². The highest BCUT2D eigenvalue weighted by Gasteiger charge is 2.54. The lowest BCUT2D eigenvalue weighted by Crippen LogP contribution is -2.66. The summed E-state index contributed by atoms with van der Waals surface area (Å²) in [5.74, 6) is -3.31. The number of rotatable bonds is 6. The van der Waals surface area contributed by atoms with E-state index < -0.39 is 23.4 Å². The largest absolute Gasteiger partial charge is 0.465 e. The number of ether oxygens (including phenoxy) is 2. The van der Waals surface area contributed by atoms with Crippen molar-refractivity contribution in [1.29, 1.82) is 0 Å². The zero-order chi connectivity index (χ0) is 19.4. The van der Waals surface area contributed by atoms with Crippen LogP contribution in [0, 0.1) is 0 Å². The molecule has 1 N–H and O–H groups in total. The highest BCUT2D eigenvalue weighted by Crippen LogP contribution is 2.31. The fourth-order valence-corrected chi connectivity index (χ4v) is 3.47. The van der Waals surface area contributed by atoms with Crippen molar-refractivity contribution in [3.63, 3.8) is 0 Å². The van der Waals surface area contributed by atoms with Crippen LogP contribution >= 0.6 is 0 Å². The van der Waals surface area contributed by atoms with Crippen LogP contribution in [0.5, 0.6) is 0 Å². The summed E-state index contributed by atoms with van der Waals surface area (Å²) >= 11 is 0. The number of alkyl halides is 1. The quantitative estimate of drug-likeness (QED) is 0.548. The first-order chi connectivity index (χ1) is 12.2. The number of piperazine rings is 1. The third-order valence-corrected chi connectivity index (χ3v) is 4.70. The number of carbonyl (C=O) groups excluding carboxylic acids is 2. The number of esters is 2. The summed E-state index contributed by atoms with van der Waals surface area (Å²) in [7, 11) is 0. The molecule has 7 nitrogen and oxygen atoms in total. The normalized spacial score (nSPS) is 24.9. The second kappa shape index (κ2) is 8.63. The van der Waals surface area contributed by atoms with Crippen LogP contribution in [-0.2, 0) is 19.1 Å². The molecule has 150 valence electrons. The van der Waals surface area contributed by atoms with E-state index in [9.17, 15) is 9.59 Å². The van der Waals surface area contributed by atoms with Crippen molar-refractivity contribution in [3.8, 4) is 0 Å². The average Bonchev–Trinajstić information content (AvgIpc) is 3.08. The van der Waals surface area contributed by atoms with Crippen LogP contribution in [0.2, 0.25) is 0 Å². The molecular formula is C18H32FN3O4. The molecule has 0 saturated carbocycles. The lowest BCUT2D eigenvalue weighted by atomic mass is 10.00. The molecule has 2 saturated heterocycles. The summed E-state index contributed by atoms with van der Waals surface area (Å²) in [4.78, 5) is 27.9. The summed E-state index contributed by atoms with van der Waals surface area (Å²) in [6, 6.07) is -0.575. The minimum atomic E-state index is -2.19. The Bertz CT molecular complexity index is 497. The van der Waals surface area contributed by atoms with Crippen LogP contribution in [0.1, 0.15) is 40.5 Å². The van der Waals surface area contributed by atoms with E-state index in [4.69, 9.17) is 9.47 Å². The predicted molar refractivity (Wildman–Crippen MR) is 95.4 cm³/mol. The van der Waals surface area contributed by atoms with E-state index in [1.165, 1.54) is 0 Å². The standard InChI is InChI=1S/C18H32FN3O4/c1-5-25-15(23)13-21-9-11-22(12-10-21)18(19,14-7-6-8-20-14)16(24)26-17(2,3)4/h14,20H,5-13H2,1-4H3. The average molecular weight is 373 g/mol. The van der Waals surface area contributed by atoms with Crippen LogP contribution in [0.4, 0.5) is 4.39 Å². The molecule has 0 spiro atoms. The van der Waals surface area contributed by atoms with Crippen molar-refractivity contribution in [1.82, 2.24) is 15.1 Å². The maximum atomic E-state index is 16.1. The van der Waals surface area contributed by atoms with Crippen LogP contribution < -0.4 is 5.32 Å². The minimum absolute atomic E-state index is 0.190. The Labute approximate surface area is 155 Å². The first kappa shape index (κ1) is 21.1.